The van der Waals surface area contributed by atoms with E-state index in [1.165, 1.54) is 12.1 Å². The standard InChI is InChI=1S/C11H15BrFNO/c1-11(2,15)7-14-6-8-3-4-9(13)5-10(8)12/h3-5,14-15H,6-7H2,1-2H3. The summed E-state index contributed by atoms with van der Waals surface area (Å²) in [6, 6.07) is 4.57. The maximum atomic E-state index is 12.8. The van der Waals surface area contributed by atoms with Crippen LogP contribution < -0.4 is 5.32 Å². The minimum Gasteiger partial charge on any atom is -0.389 e. The summed E-state index contributed by atoms with van der Waals surface area (Å²) < 4.78 is 13.5. The Hall–Kier alpha value is -0.450. The van der Waals surface area contributed by atoms with Gasteiger partial charge in [0.25, 0.3) is 0 Å². The van der Waals surface area contributed by atoms with Crippen molar-refractivity contribution in [1.29, 1.82) is 0 Å². The molecular weight excluding hydrogens is 261 g/mol. The van der Waals surface area contributed by atoms with Gasteiger partial charge in [-0.2, -0.15) is 0 Å². The highest BCUT2D eigenvalue weighted by molar-refractivity contribution is 9.10. The zero-order valence-electron chi connectivity index (χ0n) is 8.85. The van der Waals surface area contributed by atoms with E-state index < -0.39 is 5.60 Å². The van der Waals surface area contributed by atoms with E-state index in [2.05, 4.69) is 21.2 Å². The van der Waals surface area contributed by atoms with Gasteiger partial charge in [0.05, 0.1) is 5.60 Å². The van der Waals surface area contributed by atoms with Crippen LogP contribution in [-0.4, -0.2) is 17.3 Å². The van der Waals surface area contributed by atoms with Crippen molar-refractivity contribution >= 4 is 15.9 Å². The molecule has 0 amide bonds. The minimum atomic E-state index is -0.730. The maximum absolute atomic E-state index is 12.8. The molecule has 0 saturated heterocycles. The molecule has 0 fully saturated rings. The van der Waals surface area contributed by atoms with Crippen LogP contribution >= 0.6 is 15.9 Å². The summed E-state index contributed by atoms with van der Waals surface area (Å²) in [5, 5.41) is 12.6. The third-order valence-corrected chi connectivity index (χ3v) is 2.63. The van der Waals surface area contributed by atoms with Gasteiger partial charge < -0.3 is 10.4 Å². The van der Waals surface area contributed by atoms with E-state index in [0.29, 0.717) is 13.1 Å². The molecule has 2 nitrogen and oxygen atoms in total. The second kappa shape index (κ2) is 5.05. The SMILES string of the molecule is CC(C)(O)CNCc1ccc(F)cc1Br. The second-order valence-corrected chi connectivity index (χ2v) is 5.01. The third kappa shape index (κ3) is 4.73. The predicted octanol–water partition coefficient (Wildman–Crippen LogP) is 2.45. The topological polar surface area (TPSA) is 32.3 Å². The quantitative estimate of drug-likeness (QED) is 0.885. The molecule has 0 aromatic heterocycles. The van der Waals surface area contributed by atoms with Gasteiger partial charge in [0, 0.05) is 17.6 Å². The molecule has 0 aliphatic heterocycles. The molecule has 1 aromatic rings. The lowest BCUT2D eigenvalue weighted by molar-refractivity contribution is 0.0795. The lowest BCUT2D eigenvalue weighted by atomic mass is 10.1. The van der Waals surface area contributed by atoms with Gasteiger partial charge >= 0.3 is 0 Å². The third-order valence-electron chi connectivity index (χ3n) is 1.89. The van der Waals surface area contributed by atoms with Crippen LogP contribution in [-0.2, 0) is 6.54 Å². The van der Waals surface area contributed by atoms with Crippen LogP contribution in [0.15, 0.2) is 22.7 Å². The van der Waals surface area contributed by atoms with Crippen LogP contribution in [0.25, 0.3) is 0 Å². The van der Waals surface area contributed by atoms with Gasteiger partial charge in [-0.25, -0.2) is 4.39 Å². The van der Waals surface area contributed by atoms with Gasteiger partial charge in [0.1, 0.15) is 5.82 Å². The van der Waals surface area contributed by atoms with Crippen LogP contribution in [0.3, 0.4) is 0 Å². The van der Waals surface area contributed by atoms with E-state index in [4.69, 9.17) is 0 Å². The molecular formula is C11H15BrFNO. The molecule has 1 rings (SSSR count). The first-order chi connectivity index (χ1) is 6.88. The highest BCUT2D eigenvalue weighted by atomic mass is 79.9. The molecule has 0 unspecified atom stereocenters. The fourth-order valence-electron chi connectivity index (χ4n) is 1.17. The molecule has 0 aliphatic carbocycles. The van der Waals surface area contributed by atoms with Gasteiger partial charge in [-0.15, -0.1) is 0 Å². The lowest BCUT2D eigenvalue weighted by Gasteiger charge is -2.18. The van der Waals surface area contributed by atoms with Gasteiger partial charge in [-0.05, 0) is 31.5 Å². The Morgan fingerprint density at radius 3 is 2.67 bits per heavy atom. The zero-order valence-corrected chi connectivity index (χ0v) is 10.4. The maximum Gasteiger partial charge on any atom is 0.124 e. The summed E-state index contributed by atoms with van der Waals surface area (Å²) in [5.41, 5.74) is 0.243. The molecule has 0 bridgehead atoms. The van der Waals surface area contributed by atoms with Gasteiger partial charge in [-0.3, -0.25) is 0 Å². The van der Waals surface area contributed by atoms with Crippen molar-refractivity contribution in [2.24, 2.45) is 0 Å². The molecule has 15 heavy (non-hydrogen) atoms. The number of benzene rings is 1. The monoisotopic (exact) mass is 275 g/mol. The molecule has 0 radical (unpaired) electrons. The van der Waals surface area contributed by atoms with E-state index >= 15 is 0 Å². The smallest absolute Gasteiger partial charge is 0.124 e. The van der Waals surface area contributed by atoms with Crippen LogP contribution in [0.2, 0.25) is 0 Å². The van der Waals surface area contributed by atoms with Crippen molar-refractivity contribution in [2.75, 3.05) is 6.54 Å². The minimum absolute atomic E-state index is 0.256. The van der Waals surface area contributed by atoms with Gasteiger partial charge in [0.2, 0.25) is 0 Å². The molecule has 4 heteroatoms. The van der Waals surface area contributed by atoms with E-state index in [1.54, 1.807) is 19.9 Å². The summed E-state index contributed by atoms with van der Waals surface area (Å²) in [4.78, 5) is 0. The van der Waals surface area contributed by atoms with Gasteiger partial charge in [-0.1, -0.05) is 22.0 Å². The molecule has 1 aromatic carbocycles. The number of aliphatic hydroxyl groups is 1. The average Bonchev–Trinajstić information content (AvgIpc) is 2.07. The summed E-state index contributed by atoms with van der Waals surface area (Å²) in [6.45, 7) is 4.57. The van der Waals surface area contributed by atoms with Crippen molar-refractivity contribution in [2.45, 2.75) is 26.0 Å². The number of halogens is 2. The Balaban J connectivity index is 2.51. The molecule has 0 heterocycles. The number of hydrogen-bond donors (Lipinski definition) is 2. The second-order valence-electron chi connectivity index (χ2n) is 4.15. The molecule has 84 valence electrons. The number of rotatable bonds is 4. The lowest BCUT2D eigenvalue weighted by Crippen LogP contribution is -2.34. The zero-order chi connectivity index (χ0) is 11.5. The van der Waals surface area contributed by atoms with Crippen LogP contribution in [0.4, 0.5) is 4.39 Å². The summed E-state index contributed by atoms with van der Waals surface area (Å²) >= 11 is 3.29. The first kappa shape index (κ1) is 12.6. The van der Waals surface area contributed by atoms with Crippen molar-refractivity contribution in [3.8, 4) is 0 Å². The Kier molecular flexibility index (Phi) is 4.25. The molecule has 0 aliphatic rings. The first-order valence-corrected chi connectivity index (χ1v) is 5.55. The normalized spacial score (nSPS) is 11.8. The Morgan fingerprint density at radius 1 is 1.47 bits per heavy atom. The first-order valence-electron chi connectivity index (χ1n) is 4.75. The highest BCUT2D eigenvalue weighted by Crippen LogP contribution is 2.17. The Morgan fingerprint density at radius 2 is 2.13 bits per heavy atom. The van der Waals surface area contributed by atoms with E-state index in [-0.39, 0.29) is 5.82 Å². The number of hydrogen-bond acceptors (Lipinski definition) is 2. The highest BCUT2D eigenvalue weighted by Gasteiger charge is 2.11. The predicted molar refractivity (Wildman–Crippen MR) is 62.1 cm³/mol. The summed E-state index contributed by atoms with van der Waals surface area (Å²) in [6.07, 6.45) is 0. The molecule has 0 spiro atoms. The Bertz CT molecular complexity index is 336. The fourth-order valence-corrected chi connectivity index (χ4v) is 1.66. The van der Waals surface area contributed by atoms with Crippen molar-refractivity contribution in [1.82, 2.24) is 5.32 Å². The van der Waals surface area contributed by atoms with Crippen LogP contribution in [0, 0.1) is 5.82 Å². The summed E-state index contributed by atoms with van der Waals surface area (Å²) in [7, 11) is 0. The molecule has 2 N–H and O–H groups in total. The van der Waals surface area contributed by atoms with Crippen molar-refractivity contribution in [3.63, 3.8) is 0 Å². The van der Waals surface area contributed by atoms with Crippen molar-refractivity contribution < 1.29 is 9.50 Å². The van der Waals surface area contributed by atoms with Crippen LogP contribution in [0.1, 0.15) is 19.4 Å². The average molecular weight is 276 g/mol. The molecule has 0 saturated carbocycles. The van der Waals surface area contributed by atoms with Crippen molar-refractivity contribution in [3.05, 3.63) is 34.1 Å². The van der Waals surface area contributed by atoms with E-state index in [1.807, 2.05) is 0 Å². The van der Waals surface area contributed by atoms with E-state index in [0.717, 1.165) is 10.0 Å². The van der Waals surface area contributed by atoms with Crippen LogP contribution in [0.5, 0.6) is 0 Å². The molecule has 0 atom stereocenters. The largest absolute Gasteiger partial charge is 0.389 e. The van der Waals surface area contributed by atoms with Gasteiger partial charge in [0.15, 0.2) is 0 Å². The fraction of sp³-hybridized carbons (Fsp3) is 0.455. The van der Waals surface area contributed by atoms with E-state index in [9.17, 15) is 9.50 Å². The Labute approximate surface area is 97.6 Å². The summed E-state index contributed by atoms with van der Waals surface area (Å²) in [5.74, 6) is -0.256. The number of nitrogens with one attached hydrogen (secondary N) is 1.